The zero-order chi connectivity index (χ0) is 15.7. The van der Waals surface area contributed by atoms with Crippen LogP contribution in [0.15, 0.2) is 18.2 Å². The van der Waals surface area contributed by atoms with Gasteiger partial charge in [0.25, 0.3) is 0 Å². The SMILES string of the molecule is CCN(C(=O)Cc1ccc2c(c1)CCC2)C1CCS(=O)(=O)C1. The Bertz CT molecular complexity index is 681. The zero-order valence-corrected chi connectivity index (χ0v) is 13.9. The second-order valence-corrected chi connectivity index (χ2v) is 8.60. The number of fused-ring (bicyclic) bond motifs is 1. The van der Waals surface area contributed by atoms with Gasteiger partial charge in [0.2, 0.25) is 5.91 Å². The molecule has 4 nitrogen and oxygen atoms in total. The lowest BCUT2D eigenvalue weighted by atomic mass is 10.0. The van der Waals surface area contributed by atoms with Gasteiger partial charge < -0.3 is 4.90 Å². The number of sulfone groups is 1. The minimum absolute atomic E-state index is 0.0440. The van der Waals surface area contributed by atoms with Gasteiger partial charge in [-0.15, -0.1) is 0 Å². The Kier molecular flexibility index (Phi) is 4.26. The van der Waals surface area contributed by atoms with E-state index in [1.54, 1.807) is 4.90 Å². The molecular formula is C17H23NO3S. The third-order valence-electron chi connectivity index (χ3n) is 4.83. The average Bonchev–Trinajstić information content (AvgIpc) is 3.05. The summed E-state index contributed by atoms with van der Waals surface area (Å²) in [5, 5.41) is 0. The van der Waals surface area contributed by atoms with Crippen LogP contribution in [0.1, 0.15) is 36.5 Å². The second-order valence-electron chi connectivity index (χ2n) is 6.37. The minimum Gasteiger partial charge on any atom is -0.339 e. The van der Waals surface area contributed by atoms with Gasteiger partial charge in [0.15, 0.2) is 9.84 Å². The fraction of sp³-hybridized carbons (Fsp3) is 0.588. The molecule has 1 heterocycles. The van der Waals surface area contributed by atoms with Gasteiger partial charge in [0.1, 0.15) is 0 Å². The van der Waals surface area contributed by atoms with Crippen LogP contribution in [0.2, 0.25) is 0 Å². The summed E-state index contributed by atoms with van der Waals surface area (Å²) in [6.07, 6.45) is 4.40. The number of rotatable bonds is 4. The number of amides is 1. The van der Waals surface area contributed by atoms with Gasteiger partial charge in [-0.2, -0.15) is 0 Å². The molecule has 1 aliphatic carbocycles. The highest BCUT2D eigenvalue weighted by molar-refractivity contribution is 7.91. The van der Waals surface area contributed by atoms with Crippen LogP contribution in [0.25, 0.3) is 0 Å². The van der Waals surface area contributed by atoms with Gasteiger partial charge in [-0.25, -0.2) is 8.42 Å². The molecule has 1 aliphatic heterocycles. The maximum absolute atomic E-state index is 12.6. The molecule has 1 amide bonds. The number of hydrogen-bond acceptors (Lipinski definition) is 3. The van der Waals surface area contributed by atoms with Crippen molar-refractivity contribution in [2.75, 3.05) is 18.1 Å². The maximum Gasteiger partial charge on any atom is 0.227 e. The van der Waals surface area contributed by atoms with E-state index < -0.39 is 9.84 Å². The smallest absolute Gasteiger partial charge is 0.227 e. The van der Waals surface area contributed by atoms with Gasteiger partial charge in [0, 0.05) is 12.6 Å². The molecule has 0 saturated carbocycles. The van der Waals surface area contributed by atoms with Gasteiger partial charge >= 0.3 is 0 Å². The molecule has 2 aliphatic rings. The Morgan fingerprint density at radius 3 is 2.73 bits per heavy atom. The molecule has 3 rings (SSSR count). The van der Waals surface area contributed by atoms with Crippen LogP contribution >= 0.6 is 0 Å². The lowest BCUT2D eigenvalue weighted by molar-refractivity contribution is -0.132. The highest BCUT2D eigenvalue weighted by Gasteiger charge is 2.33. The molecule has 1 aromatic carbocycles. The molecule has 0 radical (unpaired) electrons. The topological polar surface area (TPSA) is 54.5 Å². The van der Waals surface area contributed by atoms with E-state index in [0.29, 0.717) is 19.4 Å². The lowest BCUT2D eigenvalue weighted by Crippen LogP contribution is -2.41. The van der Waals surface area contributed by atoms with Crippen molar-refractivity contribution in [2.45, 2.75) is 45.1 Å². The zero-order valence-electron chi connectivity index (χ0n) is 13.0. The number of nitrogens with zero attached hydrogens (tertiary/aromatic N) is 1. The predicted octanol–water partition coefficient (Wildman–Crippen LogP) is 1.75. The van der Waals surface area contributed by atoms with Crippen molar-refractivity contribution >= 4 is 15.7 Å². The van der Waals surface area contributed by atoms with E-state index in [-0.39, 0.29) is 23.5 Å². The molecule has 1 unspecified atom stereocenters. The molecule has 120 valence electrons. The summed E-state index contributed by atoms with van der Waals surface area (Å²) in [7, 11) is -2.96. The van der Waals surface area contributed by atoms with Crippen LogP contribution in [0.5, 0.6) is 0 Å². The van der Waals surface area contributed by atoms with Crippen molar-refractivity contribution in [1.82, 2.24) is 4.90 Å². The number of carbonyl (C=O) groups excluding carboxylic acids is 1. The summed E-state index contributed by atoms with van der Waals surface area (Å²) < 4.78 is 23.3. The normalized spacial score (nSPS) is 22.5. The van der Waals surface area contributed by atoms with Crippen molar-refractivity contribution < 1.29 is 13.2 Å². The van der Waals surface area contributed by atoms with E-state index in [1.165, 1.54) is 17.5 Å². The molecule has 1 aromatic rings. The molecule has 0 N–H and O–H groups in total. The van der Waals surface area contributed by atoms with E-state index in [9.17, 15) is 13.2 Å². The third kappa shape index (κ3) is 3.19. The fourth-order valence-corrected chi connectivity index (χ4v) is 5.40. The first kappa shape index (κ1) is 15.5. The van der Waals surface area contributed by atoms with Gasteiger partial charge in [-0.1, -0.05) is 18.2 Å². The Hall–Kier alpha value is -1.36. The number of likely N-dealkylation sites (N-methyl/N-ethyl adjacent to an activating group) is 1. The molecule has 0 aromatic heterocycles. The largest absolute Gasteiger partial charge is 0.339 e. The van der Waals surface area contributed by atoms with Gasteiger partial charge in [-0.3, -0.25) is 4.79 Å². The average molecular weight is 321 g/mol. The monoisotopic (exact) mass is 321 g/mol. The summed E-state index contributed by atoms with van der Waals surface area (Å²) in [6, 6.07) is 6.19. The van der Waals surface area contributed by atoms with Crippen LogP contribution < -0.4 is 0 Å². The molecular weight excluding hydrogens is 298 g/mol. The van der Waals surface area contributed by atoms with E-state index in [1.807, 2.05) is 13.0 Å². The van der Waals surface area contributed by atoms with Crippen LogP contribution in [0.3, 0.4) is 0 Å². The van der Waals surface area contributed by atoms with Crippen LogP contribution in [-0.2, 0) is 33.9 Å². The first-order chi connectivity index (χ1) is 10.5. The molecule has 22 heavy (non-hydrogen) atoms. The first-order valence-corrected chi connectivity index (χ1v) is 9.91. The van der Waals surface area contributed by atoms with Gasteiger partial charge in [-0.05, 0) is 49.3 Å². The van der Waals surface area contributed by atoms with Crippen molar-refractivity contribution in [1.29, 1.82) is 0 Å². The van der Waals surface area contributed by atoms with Crippen LogP contribution in [0.4, 0.5) is 0 Å². The summed E-state index contributed by atoms with van der Waals surface area (Å²) in [4.78, 5) is 14.3. The Balaban J connectivity index is 1.70. The Morgan fingerprint density at radius 1 is 1.27 bits per heavy atom. The highest BCUT2D eigenvalue weighted by atomic mass is 32.2. The Morgan fingerprint density at radius 2 is 2.05 bits per heavy atom. The number of carbonyl (C=O) groups is 1. The lowest BCUT2D eigenvalue weighted by Gasteiger charge is -2.27. The minimum atomic E-state index is -2.96. The van der Waals surface area contributed by atoms with E-state index >= 15 is 0 Å². The molecule has 0 spiro atoms. The molecule has 1 fully saturated rings. The Labute approximate surface area is 132 Å². The first-order valence-electron chi connectivity index (χ1n) is 8.09. The standard InChI is InChI=1S/C17H23NO3S/c1-2-18(16-8-9-22(20,21)12-16)17(19)11-13-6-7-14-4-3-5-15(14)10-13/h6-7,10,16H,2-5,8-9,11-12H2,1H3. The van der Waals surface area contributed by atoms with Crippen molar-refractivity contribution in [2.24, 2.45) is 0 Å². The number of hydrogen-bond donors (Lipinski definition) is 0. The van der Waals surface area contributed by atoms with Gasteiger partial charge in [0.05, 0.1) is 17.9 Å². The van der Waals surface area contributed by atoms with E-state index in [2.05, 4.69) is 12.1 Å². The van der Waals surface area contributed by atoms with E-state index in [4.69, 9.17) is 0 Å². The molecule has 5 heteroatoms. The molecule has 0 bridgehead atoms. The fourth-order valence-electron chi connectivity index (χ4n) is 3.67. The molecule has 1 saturated heterocycles. The maximum atomic E-state index is 12.6. The van der Waals surface area contributed by atoms with Crippen molar-refractivity contribution in [3.05, 3.63) is 34.9 Å². The summed E-state index contributed by atoms with van der Waals surface area (Å²) in [5.74, 6) is 0.374. The van der Waals surface area contributed by atoms with Crippen molar-refractivity contribution in [3.63, 3.8) is 0 Å². The summed E-state index contributed by atoms with van der Waals surface area (Å²) in [6.45, 7) is 2.50. The predicted molar refractivity (Wildman–Crippen MR) is 86.6 cm³/mol. The highest BCUT2D eigenvalue weighted by Crippen LogP contribution is 2.24. The summed E-state index contributed by atoms with van der Waals surface area (Å²) >= 11 is 0. The summed E-state index contributed by atoms with van der Waals surface area (Å²) in [5.41, 5.74) is 3.83. The second kappa shape index (κ2) is 6.03. The van der Waals surface area contributed by atoms with Crippen LogP contribution in [-0.4, -0.2) is 43.3 Å². The van der Waals surface area contributed by atoms with E-state index in [0.717, 1.165) is 18.4 Å². The molecule has 1 atom stereocenters. The quantitative estimate of drug-likeness (QED) is 0.849. The third-order valence-corrected chi connectivity index (χ3v) is 6.58. The number of aryl methyl sites for hydroxylation is 2. The number of benzene rings is 1. The van der Waals surface area contributed by atoms with Crippen molar-refractivity contribution in [3.8, 4) is 0 Å². The van der Waals surface area contributed by atoms with Crippen LogP contribution in [0, 0.1) is 0 Å².